The molecule has 1 aliphatic rings. The van der Waals surface area contributed by atoms with E-state index in [4.69, 9.17) is 0 Å². The lowest BCUT2D eigenvalue weighted by Gasteiger charge is -2.13. The molecule has 120 valence electrons. The SMILES string of the molecule is Cc1ccccc1C1CC1C(=O)NCC(O)c1ccccc1F. The van der Waals surface area contributed by atoms with Crippen LogP contribution in [-0.4, -0.2) is 17.6 Å². The molecule has 3 unspecified atom stereocenters. The third-order valence-corrected chi connectivity index (χ3v) is 4.45. The average Bonchev–Trinajstić information content (AvgIpc) is 3.33. The van der Waals surface area contributed by atoms with E-state index in [0.717, 1.165) is 6.42 Å². The van der Waals surface area contributed by atoms with Gasteiger partial charge in [0.15, 0.2) is 0 Å². The van der Waals surface area contributed by atoms with Gasteiger partial charge in [0.05, 0.1) is 6.10 Å². The van der Waals surface area contributed by atoms with Crippen LogP contribution in [0.4, 0.5) is 4.39 Å². The number of aliphatic hydroxyl groups excluding tert-OH is 1. The first kappa shape index (κ1) is 15.7. The van der Waals surface area contributed by atoms with Crippen LogP contribution < -0.4 is 5.32 Å². The molecule has 3 nitrogen and oxygen atoms in total. The number of rotatable bonds is 5. The molecule has 0 bridgehead atoms. The first-order valence-electron chi connectivity index (χ1n) is 7.83. The molecule has 2 aromatic rings. The molecule has 1 amide bonds. The van der Waals surface area contributed by atoms with Crippen molar-refractivity contribution < 1.29 is 14.3 Å². The zero-order chi connectivity index (χ0) is 16.4. The van der Waals surface area contributed by atoms with Crippen LogP contribution in [0.25, 0.3) is 0 Å². The summed E-state index contributed by atoms with van der Waals surface area (Å²) in [6.07, 6.45) is -0.206. The lowest BCUT2D eigenvalue weighted by molar-refractivity contribution is -0.122. The summed E-state index contributed by atoms with van der Waals surface area (Å²) < 4.78 is 13.6. The highest BCUT2D eigenvalue weighted by molar-refractivity contribution is 5.83. The van der Waals surface area contributed by atoms with Gasteiger partial charge in [-0.1, -0.05) is 42.5 Å². The number of hydrogen-bond acceptors (Lipinski definition) is 2. The van der Waals surface area contributed by atoms with Crippen molar-refractivity contribution in [3.63, 3.8) is 0 Å². The predicted molar refractivity (Wildman–Crippen MR) is 86.4 cm³/mol. The van der Waals surface area contributed by atoms with Crippen molar-refractivity contribution in [2.24, 2.45) is 5.92 Å². The van der Waals surface area contributed by atoms with E-state index in [-0.39, 0.29) is 29.9 Å². The lowest BCUT2D eigenvalue weighted by Crippen LogP contribution is -2.30. The van der Waals surface area contributed by atoms with Crippen LogP contribution in [0, 0.1) is 18.7 Å². The summed E-state index contributed by atoms with van der Waals surface area (Å²) in [5, 5.41) is 12.8. The van der Waals surface area contributed by atoms with Gasteiger partial charge in [-0.3, -0.25) is 4.79 Å². The predicted octanol–water partition coefficient (Wildman–Crippen LogP) is 3.09. The van der Waals surface area contributed by atoms with Gasteiger partial charge in [-0.2, -0.15) is 0 Å². The molecule has 1 saturated carbocycles. The second-order valence-electron chi connectivity index (χ2n) is 6.09. The quantitative estimate of drug-likeness (QED) is 0.891. The lowest BCUT2D eigenvalue weighted by atomic mass is 10.0. The molecule has 1 aliphatic carbocycles. The fourth-order valence-corrected chi connectivity index (χ4v) is 3.01. The van der Waals surface area contributed by atoms with Gasteiger partial charge in [0, 0.05) is 18.0 Å². The summed E-state index contributed by atoms with van der Waals surface area (Å²) >= 11 is 0. The Balaban J connectivity index is 1.55. The Hall–Kier alpha value is -2.20. The third kappa shape index (κ3) is 3.42. The molecule has 3 atom stereocenters. The van der Waals surface area contributed by atoms with Crippen molar-refractivity contribution in [2.45, 2.75) is 25.4 Å². The molecular formula is C19H20FNO2. The number of benzene rings is 2. The molecule has 1 fully saturated rings. The second-order valence-corrected chi connectivity index (χ2v) is 6.09. The first-order chi connectivity index (χ1) is 11.1. The van der Waals surface area contributed by atoms with E-state index in [0.29, 0.717) is 0 Å². The highest BCUT2D eigenvalue weighted by Gasteiger charge is 2.44. The van der Waals surface area contributed by atoms with E-state index in [1.54, 1.807) is 12.1 Å². The molecule has 0 spiro atoms. The molecule has 0 aliphatic heterocycles. The standard InChI is InChI=1S/C19H20FNO2/c1-12-6-2-3-7-13(12)15-10-16(15)19(23)21-11-18(22)14-8-4-5-9-17(14)20/h2-9,15-16,18,22H,10-11H2,1H3,(H,21,23). The number of nitrogens with one attached hydrogen (secondary N) is 1. The zero-order valence-corrected chi connectivity index (χ0v) is 13.0. The normalized spacial score (nSPS) is 20.8. The largest absolute Gasteiger partial charge is 0.386 e. The summed E-state index contributed by atoms with van der Waals surface area (Å²) in [6.45, 7) is 2.07. The van der Waals surface area contributed by atoms with E-state index in [9.17, 15) is 14.3 Å². The van der Waals surface area contributed by atoms with Crippen molar-refractivity contribution in [1.82, 2.24) is 5.32 Å². The maximum absolute atomic E-state index is 13.6. The summed E-state index contributed by atoms with van der Waals surface area (Å²) in [6, 6.07) is 14.1. The topological polar surface area (TPSA) is 49.3 Å². The molecule has 0 radical (unpaired) electrons. The monoisotopic (exact) mass is 313 g/mol. The van der Waals surface area contributed by atoms with Gasteiger partial charge in [-0.05, 0) is 36.5 Å². The van der Waals surface area contributed by atoms with Crippen LogP contribution in [0.3, 0.4) is 0 Å². The number of aryl methyl sites for hydroxylation is 1. The van der Waals surface area contributed by atoms with E-state index in [2.05, 4.69) is 11.4 Å². The van der Waals surface area contributed by atoms with Crippen LogP contribution >= 0.6 is 0 Å². The number of carbonyl (C=O) groups is 1. The van der Waals surface area contributed by atoms with Gasteiger partial charge < -0.3 is 10.4 Å². The van der Waals surface area contributed by atoms with Crippen molar-refractivity contribution in [2.75, 3.05) is 6.54 Å². The van der Waals surface area contributed by atoms with Crippen molar-refractivity contribution in [3.8, 4) is 0 Å². The minimum atomic E-state index is -1.03. The maximum Gasteiger partial charge on any atom is 0.223 e. The molecule has 4 heteroatoms. The fourth-order valence-electron chi connectivity index (χ4n) is 3.01. The number of carbonyl (C=O) groups excluding carboxylic acids is 1. The Labute approximate surface area is 135 Å². The van der Waals surface area contributed by atoms with E-state index >= 15 is 0 Å². The molecule has 2 aromatic carbocycles. The Morgan fingerprint density at radius 2 is 1.96 bits per heavy atom. The zero-order valence-electron chi connectivity index (χ0n) is 13.0. The smallest absolute Gasteiger partial charge is 0.223 e. The van der Waals surface area contributed by atoms with E-state index in [1.165, 1.54) is 23.3 Å². The Bertz CT molecular complexity index is 716. The minimum Gasteiger partial charge on any atom is -0.386 e. The van der Waals surface area contributed by atoms with Crippen LogP contribution in [0.15, 0.2) is 48.5 Å². The maximum atomic E-state index is 13.6. The molecule has 3 rings (SSSR count). The van der Waals surface area contributed by atoms with Gasteiger partial charge in [-0.15, -0.1) is 0 Å². The van der Waals surface area contributed by atoms with Crippen LogP contribution in [0.2, 0.25) is 0 Å². The Morgan fingerprint density at radius 3 is 2.70 bits per heavy atom. The van der Waals surface area contributed by atoms with Gasteiger partial charge in [-0.25, -0.2) is 4.39 Å². The number of hydrogen-bond donors (Lipinski definition) is 2. The molecule has 0 heterocycles. The minimum absolute atomic E-state index is 0.0246. The molecular weight excluding hydrogens is 293 g/mol. The second kappa shape index (κ2) is 6.50. The fraction of sp³-hybridized carbons (Fsp3) is 0.316. The van der Waals surface area contributed by atoms with Crippen LogP contribution in [-0.2, 0) is 4.79 Å². The van der Waals surface area contributed by atoms with Crippen LogP contribution in [0.5, 0.6) is 0 Å². The van der Waals surface area contributed by atoms with Crippen LogP contribution in [0.1, 0.15) is 35.1 Å². The number of amides is 1. The third-order valence-electron chi connectivity index (χ3n) is 4.45. The summed E-state index contributed by atoms with van der Waals surface area (Å²) in [7, 11) is 0. The Kier molecular flexibility index (Phi) is 4.44. The average molecular weight is 313 g/mol. The van der Waals surface area contributed by atoms with Crippen molar-refractivity contribution >= 4 is 5.91 Å². The van der Waals surface area contributed by atoms with Gasteiger partial charge >= 0.3 is 0 Å². The molecule has 2 N–H and O–H groups in total. The van der Waals surface area contributed by atoms with E-state index < -0.39 is 11.9 Å². The summed E-state index contributed by atoms with van der Waals surface area (Å²) in [4.78, 5) is 12.2. The Morgan fingerprint density at radius 1 is 1.26 bits per heavy atom. The van der Waals surface area contributed by atoms with Gasteiger partial charge in [0.1, 0.15) is 5.82 Å². The number of halogens is 1. The van der Waals surface area contributed by atoms with Crippen molar-refractivity contribution in [1.29, 1.82) is 0 Å². The number of aliphatic hydroxyl groups is 1. The van der Waals surface area contributed by atoms with Gasteiger partial charge in [0.2, 0.25) is 5.91 Å². The van der Waals surface area contributed by atoms with E-state index in [1.807, 2.05) is 25.1 Å². The molecule has 23 heavy (non-hydrogen) atoms. The highest BCUT2D eigenvalue weighted by atomic mass is 19.1. The first-order valence-corrected chi connectivity index (χ1v) is 7.83. The highest BCUT2D eigenvalue weighted by Crippen LogP contribution is 2.48. The summed E-state index contributed by atoms with van der Waals surface area (Å²) in [5.41, 5.74) is 2.61. The van der Waals surface area contributed by atoms with Crippen molar-refractivity contribution in [3.05, 3.63) is 71.0 Å². The molecule has 0 aromatic heterocycles. The molecule has 0 saturated heterocycles. The summed E-state index contributed by atoms with van der Waals surface area (Å²) in [5.74, 6) is -0.335. The van der Waals surface area contributed by atoms with Gasteiger partial charge in [0.25, 0.3) is 0 Å².